The number of pyridine rings is 1. The second-order valence-corrected chi connectivity index (χ2v) is 5.44. The van der Waals surface area contributed by atoms with Gasteiger partial charge in [0, 0.05) is 33.4 Å². The largest absolute Gasteiger partial charge is 0.288 e. The van der Waals surface area contributed by atoms with Gasteiger partial charge in [-0.05, 0) is 18.2 Å². The standard InChI is InChI=1S/C13H11N5O2S/c19-13(16-20)2-1-10-7-18(17-15-10)8-11-5-9-6-14-4-3-12(9)21-11/h1-7,20H,8H2,(H,16,19). The molecule has 3 aromatic heterocycles. The molecule has 8 heteroatoms. The van der Waals surface area contributed by atoms with Gasteiger partial charge in [-0.15, -0.1) is 16.4 Å². The van der Waals surface area contributed by atoms with E-state index in [-0.39, 0.29) is 0 Å². The average Bonchev–Trinajstić information content (AvgIpc) is 3.10. The van der Waals surface area contributed by atoms with Gasteiger partial charge in [-0.25, -0.2) is 10.2 Å². The van der Waals surface area contributed by atoms with Crippen LogP contribution < -0.4 is 5.48 Å². The van der Waals surface area contributed by atoms with Crippen molar-refractivity contribution in [1.82, 2.24) is 25.5 Å². The van der Waals surface area contributed by atoms with Crippen molar-refractivity contribution in [3.05, 3.63) is 47.4 Å². The summed E-state index contributed by atoms with van der Waals surface area (Å²) in [6.45, 7) is 0.604. The van der Waals surface area contributed by atoms with Crippen LogP contribution in [-0.2, 0) is 11.3 Å². The van der Waals surface area contributed by atoms with Crippen LogP contribution in [0.4, 0.5) is 0 Å². The number of nitrogens with one attached hydrogen (secondary N) is 1. The Morgan fingerprint density at radius 3 is 3.24 bits per heavy atom. The molecule has 0 saturated carbocycles. The third-order valence-corrected chi connectivity index (χ3v) is 3.86. The molecule has 0 spiro atoms. The Balaban J connectivity index is 1.74. The Morgan fingerprint density at radius 1 is 1.52 bits per heavy atom. The molecule has 3 rings (SSSR count). The third kappa shape index (κ3) is 3.12. The summed E-state index contributed by atoms with van der Waals surface area (Å²) >= 11 is 1.68. The van der Waals surface area contributed by atoms with Crippen LogP contribution in [0.3, 0.4) is 0 Å². The molecule has 0 fully saturated rings. The van der Waals surface area contributed by atoms with Gasteiger partial charge in [-0.2, -0.15) is 0 Å². The fourth-order valence-corrected chi connectivity index (χ4v) is 2.87. The molecule has 7 nitrogen and oxygen atoms in total. The first-order chi connectivity index (χ1) is 10.2. The van der Waals surface area contributed by atoms with Gasteiger partial charge >= 0.3 is 0 Å². The maximum Gasteiger partial charge on any atom is 0.267 e. The normalized spacial score (nSPS) is 11.3. The third-order valence-electron chi connectivity index (χ3n) is 2.76. The predicted molar refractivity (Wildman–Crippen MR) is 77.7 cm³/mol. The Bertz CT molecular complexity index is 775. The van der Waals surface area contributed by atoms with Crippen LogP contribution in [-0.4, -0.2) is 31.1 Å². The van der Waals surface area contributed by atoms with Crippen LogP contribution in [0.25, 0.3) is 16.2 Å². The summed E-state index contributed by atoms with van der Waals surface area (Å²) in [4.78, 5) is 16.1. The van der Waals surface area contributed by atoms with Crippen LogP contribution >= 0.6 is 11.3 Å². The van der Waals surface area contributed by atoms with E-state index in [0.717, 1.165) is 10.3 Å². The first-order valence-electron chi connectivity index (χ1n) is 6.09. The predicted octanol–water partition coefficient (Wildman–Crippen LogP) is 1.45. The van der Waals surface area contributed by atoms with E-state index < -0.39 is 5.91 Å². The summed E-state index contributed by atoms with van der Waals surface area (Å²) in [6.07, 6.45) is 7.98. The zero-order valence-corrected chi connectivity index (χ0v) is 11.6. The number of nitrogens with zero attached hydrogens (tertiary/aromatic N) is 4. The zero-order valence-electron chi connectivity index (χ0n) is 10.8. The summed E-state index contributed by atoms with van der Waals surface area (Å²) in [6, 6.07) is 4.05. The minimum Gasteiger partial charge on any atom is -0.288 e. The van der Waals surface area contributed by atoms with E-state index in [4.69, 9.17) is 5.21 Å². The number of amides is 1. The van der Waals surface area contributed by atoms with Crippen molar-refractivity contribution in [1.29, 1.82) is 0 Å². The number of hydrogen-bond acceptors (Lipinski definition) is 6. The molecule has 0 aromatic carbocycles. The van der Waals surface area contributed by atoms with Gasteiger partial charge in [0.15, 0.2) is 0 Å². The number of hydrogen-bond donors (Lipinski definition) is 2. The molecule has 0 saturated heterocycles. The molecular weight excluding hydrogens is 290 g/mol. The summed E-state index contributed by atoms with van der Waals surface area (Å²) in [5, 5.41) is 17.4. The Kier molecular flexibility index (Phi) is 3.71. The van der Waals surface area contributed by atoms with Gasteiger partial charge in [-0.3, -0.25) is 15.0 Å². The lowest BCUT2D eigenvalue weighted by molar-refractivity contribution is -0.124. The number of fused-ring (bicyclic) bond motifs is 1. The van der Waals surface area contributed by atoms with Gasteiger partial charge in [-0.1, -0.05) is 5.21 Å². The number of rotatable bonds is 4. The minimum absolute atomic E-state index is 0.543. The minimum atomic E-state index is -0.610. The number of carbonyl (C=O) groups excluding carboxylic acids is 1. The molecule has 2 N–H and O–H groups in total. The molecule has 0 aliphatic carbocycles. The highest BCUT2D eigenvalue weighted by atomic mass is 32.1. The molecule has 1 amide bonds. The molecule has 0 aliphatic rings. The van der Waals surface area contributed by atoms with Crippen molar-refractivity contribution >= 4 is 33.4 Å². The van der Waals surface area contributed by atoms with Crippen LogP contribution in [0.5, 0.6) is 0 Å². The average molecular weight is 301 g/mol. The highest BCUT2D eigenvalue weighted by Gasteiger charge is 2.04. The molecular formula is C13H11N5O2S. The fourth-order valence-electron chi connectivity index (χ4n) is 1.84. The van der Waals surface area contributed by atoms with E-state index in [1.165, 1.54) is 22.3 Å². The maximum absolute atomic E-state index is 10.9. The molecule has 0 atom stereocenters. The summed E-state index contributed by atoms with van der Waals surface area (Å²) in [5.74, 6) is -0.610. The number of thiophene rings is 1. The maximum atomic E-state index is 10.9. The van der Waals surface area contributed by atoms with Crippen LogP contribution in [0.1, 0.15) is 10.6 Å². The highest BCUT2D eigenvalue weighted by molar-refractivity contribution is 7.19. The summed E-state index contributed by atoms with van der Waals surface area (Å²) < 4.78 is 2.87. The van der Waals surface area contributed by atoms with E-state index in [0.29, 0.717) is 12.2 Å². The zero-order chi connectivity index (χ0) is 14.7. The number of hydroxylamine groups is 1. The van der Waals surface area contributed by atoms with E-state index >= 15 is 0 Å². The second kappa shape index (κ2) is 5.81. The lowest BCUT2D eigenvalue weighted by Crippen LogP contribution is -2.14. The van der Waals surface area contributed by atoms with Gasteiger partial charge in [0.1, 0.15) is 5.69 Å². The number of carbonyl (C=O) groups is 1. The molecule has 0 aliphatic heterocycles. The van der Waals surface area contributed by atoms with Gasteiger partial charge in [0.25, 0.3) is 5.91 Å². The lowest BCUT2D eigenvalue weighted by Gasteiger charge is -1.94. The quantitative estimate of drug-likeness (QED) is 0.432. The van der Waals surface area contributed by atoms with Crippen molar-refractivity contribution in [2.45, 2.75) is 6.54 Å². The molecule has 0 radical (unpaired) electrons. The van der Waals surface area contributed by atoms with Crippen molar-refractivity contribution < 1.29 is 10.0 Å². The smallest absolute Gasteiger partial charge is 0.267 e. The van der Waals surface area contributed by atoms with Crippen molar-refractivity contribution in [3.63, 3.8) is 0 Å². The topological polar surface area (TPSA) is 92.9 Å². The SMILES string of the molecule is O=C(C=Cc1cn(Cc2cc3cnccc3s2)nn1)NO. The first-order valence-corrected chi connectivity index (χ1v) is 6.91. The van der Waals surface area contributed by atoms with Gasteiger partial charge in [0.2, 0.25) is 0 Å². The van der Waals surface area contributed by atoms with Gasteiger partial charge in [0.05, 0.1) is 12.7 Å². The Hall–Kier alpha value is -2.58. The molecule has 106 valence electrons. The van der Waals surface area contributed by atoms with Crippen LogP contribution in [0.15, 0.2) is 36.8 Å². The number of aromatic nitrogens is 4. The van der Waals surface area contributed by atoms with E-state index in [1.807, 2.05) is 12.3 Å². The van der Waals surface area contributed by atoms with Crippen LogP contribution in [0, 0.1) is 0 Å². The molecule has 0 bridgehead atoms. The van der Waals surface area contributed by atoms with E-state index in [9.17, 15) is 4.79 Å². The van der Waals surface area contributed by atoms with Crippen molar-refractivity contribution in [2.75, 3.05) is 0 Å². The fraction of sp³-hybridized carbons (Fsp3) is 0.0769. The Labute approximate surface area is 123 Å². The molecule has 0 unspecified atom stereocenters. The summed E-state index contributed by atoms with van der Waals surface area (Å²) in [7, 11) is 0. The second-order valence-electron chi connectivity index (χ2n) is 4.28. The van der Waals surface area contributed by atoms with E-state index in [1.54, 1.807) is 28.4 Å². The van der Waals surface area contributed by atoms with Crippen LogP contribution in [0.2, 0.25) is 0 Å². The van der Waals surface area contributed by atoms with Crippen molar-refractivity contribution in [2.24, 2.45) is 0 Å². The van der Waals surface area contributed by atoms with Gasteiger partial charge < -0.3 is 0 Å². The first kappa shape index (κ1) is 13.4. The molecule has 3 aromatic rings. The summed E-state index contributed by atoms with van der Waals surface area (Å²) in [5.41, 5.74) is 2.05. The monoisotopic (exact) mass is 301 g/mol. The van der Waals surface area contributed by atoms with Crippen molar-refractivity contribution in [3.8, 4) is 0 Å². The Morgan fingerprint density at radius 2 is 2.43 bits per heavy atom. The van der Waals surface area contributed by atoms with E-state index in [2.05, 4.69) is 21.4 Å². The lowest BCUT2D eigenvalue weighted by atomic mass is 10.3. The highest BCUT2D eigenvalue weighted by Crippen LogP contribution is 2.24. The molecule has 3 heterocycles. The molecule has 21 heavy (non-hydrogen) atoms.